The molecule has 1 heterocycles. The lowest BCUT2D eigenvalue weighted by molar-refractivity contribution is -0.352. The highest BCUT2D eigenvalue weighted by Gasteiger charge is 2.50. The second kappa shape index (κ2) is 6.03. The van der Waals surface area contributed by atoms with Crippen LogP contribution >= 0.6 is 0 Å². The molecule has 0 amide bonds. The minimum absolute atomic E-state index is 0.493. The average Bonchev–Trinajstić information content (AvgIpc) is 2.34. The van der Waals surface area contributed by atoms with Gasteiger partial charge in [0.25, 0.3) is 0 Å². The molecule has 0 aromatic rings. The summed E-state index contributed by atoms with van der Waals surface area (Å²) < 4.78 is 9.81. The molecule has 1 rings (SSSR count). The van der Waals surface area contributed by atoms with Gasteiger partial charge in [0, 0.05) is 0 Å². The molecule has 8 nitrogen and oxygen atoms in total. The van der Waals surface area contributed by atoms with Gasteiger partial charge in [-0.05, 0) is 0 Å². The molecule has 1 aliphatic heterocycles. The molecular formula is C9H18O8. The zero-order chi connectivity index (χ0) is 13.1. The topological polar surface area (TPSA) is 140 Å². The van der Waals surface area contributed by atoms with Crippen molar-refractivity contribution in [3.05, 3.63) is 0 Å². The normalized spacial score (nSPS) is 38.6. The van der Waals surface area contributed by atoms with Crippen molar-refractivity contribution in [1.29, 1.82) is 0 Å². The first-order valence-corrected chi connectivity index (χ1v) is 5.19. The van der Waals surface area contributed by atoms with E-state index in [9.17, 15) is 15.3 Å². The van der Waals surface area contributed by atoms with Gasteiger partial charge in [-0.2, -0.15) is 0 Å². The Bertz CT molecular complexity index is 233. The van der Waals surface area contributed by atoms with Gasteiger partial charge in [0.2, 0.25) is 5.79 Å². The van der Waals surface area contributed by atoms with Gasteiger partial charge in [-0.15, -0.1) is 0 Å². The van der Waals surface area contributed by atoms with Crippen molar-refractivity contribution in [2.45, 2.75) is 30.2 Å². The van der Waals surface area contributed by atoms with Crippen LogP contribution in [0.15, 0.2) is 0 Å². The lowest BCUT2D eigenvalue weighted by Gasteiger charge is -2.43. The van der Waals surface area contributed by atoms with Crippen molar-refractivity contribution in [1.82, 2.24) is 0 Å². The molecule has 102 valence electrons. The smallest absolute Gasteiger partial charge is 0.219 e. The number of rotatable bonds is 5. The minimum Gasteiger partial charge on any atom is -0.394 e. The summed E-state index contributed by atoms with van der Waals surface area (Å²) >= 11 is 0. The van der Waals surface area contributed by atoms with Crippen LogP contribution in [0.1, 0.15) is 0 Å². The summed E-state index contributed by atoms with van der Waals surface area (Å²) in [5.41, 5.74) is 0. The van der Waals surface area contributed by atoms with E-state index in [0.29, 0.717) is 0 Å². The van der Waals surface area contributed by atoms with Crippen LogP contribution in [0.25, 0.3) is 0 Å². The van der Waals surface area contributed by atoms with Gasteiger partial charge in [-0.25, -0.2) is 0 Å². The Morgan fingerprint density at radius 1 is 1.24 bits per heavy atom. The summed E-state index contributed by atoms with van der Waals surface area (Å²) in [6, 6.07) is 0. The summed E-state index contributed by atoms with van der Waals surface area (Å²) in [5.74, 6) is -2.23. The van der Waals surface area contributed by atoms with Crippen molar-refractivity contribution < 1.29 is 40.1 Å². The fourth-order valence-electron chi connectivity index (χ4n) is 1.57. The first kappa shape index (κ1) is 14.7. The molecule has 0 saturated carbocycles. The summed E-state index contributed by atoms with van der Waals surface area (Å²) in [5, 5.41) is 55.5. The highest BCUT2D eigenvalue weighted by atomic mass is 16.7. The third-order valence-electron chi connectivity index (χ3n) is 2.63. The Kier molecular flexibility index (Phi) is 5.22. The lowest BCUT2D eigenvalue weighted by Crippen LogP contribution is -2.64. The molecule has 1 aliphatic rings. The number of ether oxygens (including phenoxy) is 2. The van der Waals surface area contributed by atoms with E-state index in [1.54, 1.807) is 0 Å². The molecule has 0 spiro atoms. The minimum atomic E-state index is -2.23. The van der Waals surface area contributed by atoms with Gasteiger partial charge < -0.3 is 40.1 Å². The van der Waals surface area contributed by atoms with Crippen LogP contribution in [0.5, 0.6) is 0 Å². The van der Waals surface area contributed by atoms with Crippen LogP contribution in [0.2, 0.25) is 0 Å². The number of aliphatic hydroxyl groups excluding tert-OH is 5. The van der Waals surface area contributed by atoms with Crippen LogP contribution < -0.4 is 0 Å². The highest BCUT2D eigenvalue weighted by molar-refractivity contribution is 4.92. The van der Waals surface area contributed by atoms with Crippen LogP contribution in [0, 0.1) is 0 Å². The molecule has 0 radical (unpaired) electrons. The first-order valence-electron chi connectivity index (χ1n) is 5.19. The maximum Gasteiger partial charge on any atom is 0.219 e. The van der Waals surface area contributed by atoms with Crippen LogP contribution in [0.3, 0.4) is 0 Å². The molecule has 0 bridgehead atoms. The summed E-state index contributed by atoms with van der Waals surface area (Å²) in [4.78, 5) is 0. The number of hydrogen-bond acceptors (Lipinski definition) is 8. The van der Waals surface area contributed by atoms with E-state index >= 15 is 0 Å². The quantitative estimate of drug-likeness (QED) is 0.274. The third-order valence-corrected chi connectivity index (χ3v) is 2.63. The SMILES string of the molecule is OCC(CO)O[C@@]1(O)CO[C@H](CO)[C@H](O)[C@@H]1O. The molecule has 17 heavy (non-hydrogen) atoms. The van der Waals surface area contributed by atoms with Crippen molar-refractivity contribution in [2.75, 3.05) is 26.4 Å². The monoisotopic (exact) mass is 254 g/mol. The van der Waals surface area contributed by atoms with Gasteiger partial charge in [0.15, 0.2) is 0 Å². The predicted octanol–water partition coefficient (Wildman–Crippen LogP) is -3.84. The number of hydrogen-bond donors (Lipinski definition) is 6. The molecule has 0 aromatic carbocycles. The van der Waals surface area contributed by atoms with Crippen molar-refractivity contribution in [3.63, 3.8) is 0 Å². The summed E-state index contributed by atoms with van der Waals surface area (Å²) in [7, 11) is 0. The van der Waals surface area contributed by atoms with E-state index in [1.165, 1.54) is 0 Å². The predicted molar refractivity (Wildman–Crippen MR) is 52.8 cm³/mol. The molecular weight excluding hydrogens is 236 g/mol. The Morgan fingerprint density at radius 3 is 2.29 bits per heavy atom. The molecule has 4 atom stereocenters. The fraction of sp³-hybridized carbons (Fsp3) is 1.00. The van der Waals surface area contributed by atoms with Crippen molar-refractivity contribution in [3.8, 4) is 0 Å². The Balaban J connectivity index is 2.69. The number of aliphatic hydroxyl groups is 6. The molecule has 8 heteroatoms. The fourth-order valence-corrected chi connectivity index (χ4v) is 1.57. The maximum absolute atomic E-state index is 9.90. The van der Waals surface area contributed by atoms with E-state index in [4.69, 9.17) is 24.8 Å². The van der Waals surface area contributed by atoms with Gasteiger partial charge in [0.05, 0.1) is 19.8 Å². The van der Waals surface area contributed by atoms with Crippen LogP contribution in [0.4, 0.5) is 0 Å². The maximum atomic E-state index is 9.90. The van der Waals surface area contributed by atoms with Gasteiger partial charge in [-0.1, -0.05) is 0 Å². The van der Waals surface area contributed by atoms with E-state index in [-0.39, 0.29) is 0 Å². The van der Waals surface area contributed by atoms with E-state index in [2.05, 4.69) is 0 Å². The van der Waals surface area contributed by atoms with Gasteiger partial charge in [-0.3, -0.25) is 0 Å². The second-order valence-electron chi connectivity index (χ2n) is 3.92. The van der Waals surface area contributed by atoms with Crippen molar-refractivity contribution >= 4 is 0 Å². The van der Waals surface area contributed by atoms with E-state index in [0.717, 1.165) is 0 Å². The average molecular weight is 254 g/mol. The van der Waals surface area contributed by atoms with Crippen LogP contribution in [-0.2, 0) is 9.47 Å². The zero-order valence-corrected chi connectivity index (χ0v) is 9.14. The standard InChI is InChI=1S/C9H18O8/c10-1-5(2-11)17-9(15)4-16-6(3-12)7(13)8(9)14/h5-8,10-15H,1-4H2/t6-,7+,8+,9+/m1/s1. The lowest BCUT2D eigenvalue weighted by atomic mass is 9.97. The summed E-state index contributed by atoms with van der Waals surface area (Å²) in [6.45, 7) is -2.14. The molecule has 0 aliphatic carbocycles. The van der Waals surface area contributed by atoms with E-state index in [1.807, 2.05) is 0 Å². The molecule has 0 aromatic heterocycles. The van der Waals surface area contributed by atoms with Gasteiger partial charge in [0.1, 0.15) is 31.0 Å². The second-order valence-corrected chi connectivity index (χ2v) is 3.92. The highest BCUT2D eigenvalue weighted by Crippen LogP contribution is 2.26. The summed E-state index contributed by atoms with van der Waals surface area (Å²) in [6.07, 6.45) is -5.36. The molecule has 6 N–H and O–H groups in total. The zero-order valence-electron chi connectivity index (χ0n) is 9.14. The Labute approximate surface area is 97.6 Å². The van der Waals surface area contributed by atoms with E-state index < -0.39 is 56.6 Å². The first-order chi connectivity index (χ1) is 7.98. The molecule has 1 saturated heterocycles. The van der Waals surface area contributed by atoms with Crippen molar-refractivity contribution in [2.24, 2.45) is 0 Å². The van der Waals surface area contributed by atoms with Crippen LogP contribution in [-0.4, -0.2) is 87.3 Å². The Morgan fingerprint density at radius 2 is 1.82 bits per heavy atom. The van der Waals surface area contributed by atoms with Gasteiger partial charge >= 0.3 is 0 Å². The molecule has 0 unspecified atom stereocenters. The molecule has 1 fully saturated rings. The third kappa shape index (κ3) is 3.12. The largest absolute Gasteiger partial charge is 0.394 e. The Hall–Kier alpha value is -0.320.